The molecule has 1 amide bonds. The predicted molar refractivity (Wildman–Crippen MR) is 98.3 cm³/mol. The standard InChI is InChI=1S/C19H19ClFNO3S/c20-17-9-4-10-18(21)16(17)12-19(23)22-11-5-6-14(22)13-26(24,25)15-7-2-1-3-8-15/h1-4,7-10,14H,5-6,11-13H2. The van der Waals surface area contributed by atoms with Gasteiger partial charge in [0, 0.05) is 23.2 Å². The van der Waals surface area contributed by atoms with Crippen molar-refractivity contribution in [3.63, 3.8) is 0 Å². The van der Waals surface area contributed by atoms with Crippen LogP contribution in [0.2, 0.25) is 5.02 Å². The quantitative estimate of drug-likeness (QED) is 0.778. The highest BCUT2D eigenvalue weighted by atomic mass is 35.5. The predicted octanol–water partition coefficient (Wildman–Crippen LogP) is 3.49. The molecule has 1 heterocycles. The van der Waals surface area contributed by atoms with Crippen LogP contribution < -0.4 is 0 Å². The van der Waals surface area contributed by atoms with E-state index in [4.69, 9.17) is 11.6 Å². The zero-order valence-electron chi connectivity index (χ0n) is 14.1. The lowest BCUT2D eigenvalue weighted by Gasteiger charge is -2.25. The van der Waals surface area contributed by atoms with E-state index in [1.807, 2.05) is 0 Å². The Kier molecular flexibility index (Phi) is 5.63. The smallest absolute Gasteiger partial charge is 0.227 e. The van der Waals surface area contributed by atoms with Crippen LogP contribution in [-0.4, -0.2) is 37.6 Å². The maximum absolute atomic E-state index is 13.9. The van der Waals surface area contributed by atoms with E-state index in [9.17, 15) is 17.6 Å². The summed E-state index contributed by atoms with van der Waals surface area (Å²) in [6.45, 7) is 0.472. The number of likely N-dealkylation sites (tertiary alicyclic amines) is 1. The Morgan fingerprint density at radius 1 is 1.15 bits per heavy atom. The van der Waals surface area contributed by atoms with Gasteiger partial charge in [-0.15, -0.1) is 0 Å². The molecule has 26 heavy (non-hydrogen) atoms. The fourth-order valence-electron chi connectivity index (χ4n) is 3.27. The average molecular weight is 396 g/mol. The number of hydrogen-bond donors (Lipinski definition) is 0. The lowest BCUT2D eigenvalue weighted by atomic mass is 10.1. The highest BCUT2D eigenvalue weighted by Crippen LogP contribution is 2.25. The molecule has 0 N–H and O–H groups in total. The topological polar surface area (TPSA) is 54.5 Å². The Labute approximate surface area is 157 Å². The van der Waals surface area contributed by atoms with Crippen LogP contribution >= 0.6 is 11.6 Å². The van der Waals surface area contributed by atoms with Crippen LogP contribution in [0.1, 0.15) is 18.4 Å². The van der Waals surface area contributed by atoms with E-state index in [2.05, 4.69) is 0 Å². The molecule has 1 atom stereocenters. The van der Waals surface area contributed by atoms with E-state index in [0.29, 0.717) is 13.0 Å². The lowest BCUT2D eigenvalue weighted by molar-refractivity contribution is -0.130. The van der Waals surface area contributed by atoms with Crippen LogP contribution in [0.25, 0.3) is 0 Å². The van der Waals surface area contributed by atoms with E-state index in [0.717, 1.165) is 6.42 Å². The Morgan fingerprint density at radius 2 is 1.88 bits per heavy atom. The Balaban J connectivity index is 1.75. The van der Waals surface area contributed by atoms with Gasteiger partial charge in [-0.2, -0.15) is 0 Å². The van der Waals surface area contributed by atoms with Gasteiger partial charge in [0.25, 0.3) is 0 Å². The van der Waals surface area contributed by atoms with Crippen molar-refractivity contribution in [2.75, 3.05) is 12.3 Å². The molecule has 0 bridgehead atoms. The number of nitrogens with zero attached hydrogens (tertiary/aromatic N) is 1. The zero-order valence-corrected chi connectivity index (χ0v) is 15.6. The first-order valence-electron chi connectivity index (χ1n) is 8.38. The van der Waals surface area contributed by atoms with E-state index in [1.54, 1.807) is 35.2 Å². The molecule has 0 radical (unpaired) electrons. The van der Waals surface area contributed by atoms with E-state index < -0.39 is 21.7 Å². The van der Waals surface area contributed by atoms with Crippen LogP contribution in [0.15, 0.2) is 53.4 Å². The molecule has 138 valence electrons. The minimum absolute atomic E-state index is 0.131. The average Bonchev–Trinajstić information content (AvgIpc) is 3.06. The van der Waals surface area contributed by atoms with Crippen molar-refractivity contribution in [3.8, 4) is 0 Å². The minimum Gasteiger partial charge on any atom is -0.338 e. The molecule has 3 rings (SSSR count). The third-order valence-corrected chi connectivity index (χ3v) is 6.77. The summed E-state index contributed by atoms with van der Waals surface area (Å²) in [7, 11) is -3.49. The Hall–Kier alpha value is -1.92. The number of hydrogen-bond acceptors (Lipinski definition) is 3. The molecule has 0 spiro atoms. The van der Waals surface area contributed by atoms with Gasteiger partial charge in [-0.05, 0) is 37.1 Å². The summed E-state index contributed by atoms with van der Waals surface area (Å²) >= 11 is 6.00. The first kappa shape index (κ1) is 18.9. The van der Waals surface area contributed by atoms with Crippen molar-refractivity contribution >= 4 is 27.3 Å². The van der Waals surface area contributed by atoms with E-state index in [1.165, 1.54) is 18.2 Å². The summed E-state index contributed by atoms with van der Waals surface area (Å²) in [6.07, 6.45) is 1.17. The molecule has 7 heteroatoms. The number of rotatable bonds is 5. The number of carbonyl (C=O) groups excluding carboxylic acids is 1. The van der Waals surface area contributed by atoms with Crippen LogP contribution in [0, 0.1) is 5.82 Å². The summed E-state index contributed by atoms with van der Waals surface area (Å²) in [5.41, 5.74) is 0.149. The van der Waals surface area contributed by atoms with Gasteiger partial charge in [0.1, 0.15) is 5.82 Å². The molecule has 2 aromatic carbocycles. The molecule has 1 aliphatic rings. The van der Waals surface area contributed by atoms with Gasteiger partial charge in [-0.1, -0.05) is 35.9 Å². The summed E-state index contributed by atoms with van der Waals surface area (Å²) < 4.78 is 39.1. The summed E-state index contributed by atoms with van der Waals surface area (Å²) in [5.74, 6) is -0.963. The second kappa shape index (κ2) is 7.76. The fraction of sp³-hybridized carbons (Fsp3) is 0.316. The molecule has 1 unspecified atom stereocenters. The number of carbonyl (C=O) groups is 1. The molecule has 0 saturated carbocycles. The second-order valence-corrected chi connectivity index (χ2v) is 8.80. The first-order chi connectivity index (χ1) is 12.4. The molecular formula is C19H19ClFNO3S. The van der Waals surface area contributed by atoms with Crippen LogP contribution in [0.3, 0.4) is 0 Å². The summed E-state index contributed by atoms with van der Waals surface area (Å²) in [6, 6.07) is 12.1. The largest absolute Gasteiger partial charge is 0.338 e. The van der Waals surface area contributed by atoms with Gasteiger partial charge in [0.05, 0.1) is 17.1 Å². The highest BCUT2D eigenvalue weighted by Gasteiger charge is 2.33. The van der Waals surface area contributed by atoms with Crippen LogP contribution in [0.4, 0.5) is 4.39 Å². The third kappa shape index (κ3) is 4.07. The van der Waals surface area contributed by atoms with Crippen molar-refractivity contribution < 1.29 is 17.6 Å². The lowest BCUT2D eigenvalue weighted by Crippen LogP contribution is -2.40. The van der Waals surface area contributed by atoms with Gasteiger partial charge in [0.15, 0.2) is 9.84 Å². The molecule has 1 saturated heterocycles. The fourth-order valence-corrected chi connectivity index (χ4v) is 5.12. The van der Waals surface area contributed by atoms with E-state index in [-0.39, 0.29) is 33.6 Å². The molecule has 2 aromatic rings. The second-order valence-electron chi connectivity index (χ2n) is 6.35. The number of benzene rings is 2. The number of sulfone groups is 1. The molecule has 4 nitrogen and oxygen atoms in total. The van der Waals surface area contributed by atoms with Crippen LogP contribution in [0.5, 0.6) is 0 Å². The van der Waals surface area contributed by atoms with Crippen LogP contribution in [-0.2, 0) is 21.1 Å². The molecular weight excluding hydrogens is 377 g/mol. The maximum atomic E-state index is 13.9. The zero-order chi connectivity index (χ0) is 18.7. The van der Waals surface area contributed by atoms with Crippen molar-refractivity contribution in [1.82, 2.24) is 4.90 Å². The number of amides is 1. The van der Waals surface area contributed by atoms with Gasteiger partial charge in [-0.25, -0.2) is 12.8 Å². The van der Waals surface area contributed by atoms with E-state index >= 15 is 0 Å². The minimum atomic E-state index is -3.49. The molecule has 0 aliphatic carbocycles. The monoisotopic (exact) mass is 395 g/mol. The summed E-state index contributed by atoms with van der Waals surface area (Å²) in [5, 5.41) is 0.200. The highest BCUT2D eigenvalue weighted by molar-refractivity contribution is 7.91. The van der Waals surface area contributed by atoms with Gasteiger partial charge < -0.3 is 4.90 Å². The van der Waals surface area contributed by atoms with Crippen molar-refractivity contribution in [3.05, 3.63) is 64.9 Å². The maximum Gasteiger partial charge on any atom is 0.227 e. The van der Waals surface area contributed by atoms with Crippen molar-refractivity contribution in [1.29, 1.82) is 0 Å². The SMILES string of the molecule is O=C(Cc1c(F)cccc1Cl)N1CCCC1CS(=O)(=O)c1ccccc1. The van der Waals surface area contributed by atoms with Gasteiger partial charge in [-0.3, -0.25) is 4.79 Å². The van der Waals surface area contributed by atoms with Gasteiger partial charge >= 0.3 is 0 Å². The molecule has 0 aromatic heterocycles. The normalized spacial score (nSPS) is 17.5. The van der Waals surface area contributed by atoms with Crippen molar-refractivity contribution in [2.24, 2.45) is 0 Å². The van der Waals surface area contributed by atoms with Crippen molar-refractivity contribution in [2.45, 2.75) is 30.2 Å². The Morgan fingerprint density at radius 3 is 2.58 bits per heavy atom. The molecule has 1 aliphatic heterocycles. The third-order valence-electron chi connectivity index (χ3n) is 4.60. The Bertz CT molecular complexity index is 882. The van der Waals surface area contributed by atoms with Gasteiger partial charge in [0.2, 0.25) is 5.91 Å². The number of halogens is 2. The molecule has 1 fully saturated rings. The first-order valence-corrected chi connectivity index (χ1v) is 10.4. The summed E-state index contributed by atoms with van der Waals surface area (Å²) in [4.78, 5) is 14.4.